The van der Waals surface area contributed by atoms with Gasteiger partial charge in [-0.25, -0.2) is 0 Å². The second-order valence-corrected chi connectivity index (χ2v) is 7.93. The van der Waals surface area contributed by atoms with Crippen LogP contribution in [0.2, 0.25) is 0 Å². The Labute approximate surface area is 157 Å². The molecule has 26 heavy (non-hydrogen) atoms. The Hall–Kier alpha value is -1.88. The van der Waals surface area contributed by atoms with Crippen LogP contribution in [0.5, 0.6) is 0 Å². The summed E-state index contributed by atoms with van der Waals surface area (Å²) in [6.45, 7) is 6.85. The first-order valence-electron chi connectivity index (χ1n) is 9.60. The number of rotatable bonds is 7. The smallest absolute Gasteiger partial charge is 0.254 e. The number of aryl methyl sites for hydroxylation is 1. The highest BCUT2D eigenvalue weighted by Crippen LogP contribution is 2.20. The summed E-state index contributed by atoms with van der Waals surface area (Å²) in [5.74, 6) is -0.0264. The molecule has 0 unspecified atom stereocenters. The fraction of sp³-hybridized carbons (Fsp3) is 0.619. The summed E-state index contributed by atoms with van der Waals surface area (Å²) in [6, 6.07) is 7.20. The van der Waals surface area contributed by atoms with E-state index in [-0.39, 0.29) is 17.9 Å². The average molecular weight is 360 g/mol. The van der Waals surface area contributed by atoms with Crippen molar-refractivity contribution in [3.05, 3.63) is 35.4 Å². The first-order valence-corrected chi connectivity index (χ1v) is 9.60. The van der Waals surface area contributed by atoms with Gasteiger partial charge in [0.15, 0.2) is 0 Å². The molecule has 0 aliphatic carbocycles. The van der Waals surface area contributed by atoms with Crippen molar-refractivity contribution in [2.75, 3.05) is 20.1 Å². The normalized spacial score (nSPS) is 18.3. The number of unbranched alkanes of at least 4 members (excludes halogenated alkanes) is 1. The lowest BCUT2D eigenvalue weighted by atomic mass is 9.98. The highest BCUT2D eigenvalue weighted by Gasteiger charge is 2.35. The molecule has 1 aliphatic rings. The summed E-state index contributed by atoms with van der Waals surface area (Å²) < 4.78 is 0. The van der Waals surface area contributed by atoms with E-state index < -0.39 is 5.60 Å². The van der Waals surface area contributed by atoms with Crippen molar-refractivity contribution in [3.8, 4) is 0 Å². The van der Waals surface area contributed by atoms with Gasteiger partial charge in [0, 0.05) is 25.7 Å². The number of hydrogen-bond acceptors (Lipinski definition) is 3. The Balaban J connectivity index is 2.09. The largest absolute Gasteiger partial charge is 0.390 e. The molecule has 0 bridgehead atoms. The first-order chi connectivity index (χ1) is 12.2. The summed E-state index contributed by atoms with van der Waals surface area (Å²) in [7, 11) is 1.81. The van der Waals surface area contributed by atoms with E-state index in [4.69, 9.17) is 0 Å². The summed E-state index contributed by atoms with van der Waals surface area (Å²) >= 11 is 0. The van der Waals surface area contributed by atoms with E-state index >= 15 is 0 Å². The van der Waals surface area contributed by atoms with Gasteiger partial charge < -0.3 is 14.9 Å². The van der Waals surface area contributed by atoms with E-state index in [1.165, 1.54) is 0 Å². The highest BCUT2D eigenvalue weighted by atomic mass is 16.3. The van der Waals surface area contributed by atoms with Crippen LogP contribution in [0.3, 0.4) is 0 Å². The number of nitrogens with zero attached hydrogens (tertiary/aromatic N) is 2. The van der Waals surface area contributed by atoms with Crippen LogP contribution in [-0.2, 0) is 11.2 Å². The molecule has 5 nitrogen and oxygen atoms in total. The number of carbonyl (C=O) groups is 2. The van der Waals surface area contributed by atoms with Gasteiger partial charge in [-0.1, -0.05) is 31.9 Å². The Bertz CT molecular complexity index is 619. The molecule has 1 saturated heterocycles. The van der Waals surface area contributed by atoms with Crippen molar-refractivity contribution in [2.45, 2.75) is 64.5 Å². The van der Waals surface area contributed by atoms with Crippen LogP contribution >= 0.6 is 0 Å². The van der Waals surface area contributed by atoms with Gasteiger partial charge in [-0.05, 0) is 50.8 Å². The molecule has 0 saturated carbocycles. The van der Waals surface area contributed by atoms with Gasteiger partial charge in [-0.15, -0.1) is 0 Å². The molecule has 1 aromatic carbocycles. The molecule has 1 N–H and O–H groups in total. The van der Waals surface area contributed by atoms with E-state index in [0.717, 1.165) is 31.2 Å². The SMILES string of the molecule is CCCC[C@H]1C(=O)N(C)CCN1C(=O)c1ccc(CCC(C)(C)O)cc1. The third-order valence-corrected chi connectivity index (χ3v) is 5.03. The molecule has 5 heteroatoms. The Morgan fingerprint density at radius 2 is 1.88 bits per heavy atom. The third kappa shape index (κ3) is 5.31. The molecule has 1 fully saturated rings. The second-order valence-electron chi connectivity index (χ2n) is 7.93. The number of likely N-dealkylation sites (N-methyl/N-ethyl adjacent to an activating group) is 1. The van der Waals surface area contributed by atoms with Gasteiger partial charge in [-0.2, -0.15) is 0 Å². The molecule has 1 aliphatic heterocycles. The van der Waals surface area contributed by atoms with Crippen LogP contribution in [-0.4, -0.2) is 58.5 Å². The lowest BCUT2D eigenvalue weighted by Crippen LogP contribution is -2.57. The predicted octanol–water partition coefficient (Wildman–Crippen LogP) is 2.86. The van der Waals surface area contributed by atoms with E-state index in [1.54, 1.807) is 30.7 Å². The number of aliphatic hydroxyl groups is 1. The number of piperazine rings is 1. The standard InChI is InChI=1S/C21H32N2O3/c1-5-6-7-18-20(25)22(4)14-15-23(18)19(24)17-10-8-16(9-11-17)12-13-21(2,3)26/h8-11,18,26H,5-7,12-15H2,1-4H3/t18-/m0/s1. The molecule has 2 rings (SSSR count). The van der Waals surface area contributed by atoms with Gasteiger partial charge in [0.1, 0.15) is 6.04 Å². The zero-order chi connectivity index (χ0) is 19.3. The van der Waals surface area contributed by atoms with Gasteiger partial charge in [-0.3, -0.25) is 9.59 Å². The van der Waals surface area contributed by atoms with Crippen molar-refractivity contribution in [2.24, 2.45) is 0 Å². The molecule has 2 amide bonds. The lowest BCUT2D eigenvalue weighted by Gasteiger charge is -2.39. The minimum absolute atomic E-state index is 0.0415. The maximum Gasteiger partial charge on any atom is 0.254 e. The van der Waals surface area contributed by atoms with Crippen molar-refractivity contribution in [1.29, 1.82) is 0 Å². The van der Waals surface area contributed by atoms with Gasteiger partial charge in [0.2, 0.25) is 5.91 Å². The van der Waals surface area contributed by atoms with Gasteiger partial charge in [0.25, 0.3) is 5.91 Å². The number of benzene rings is 1. The van der Waals surface area contributed by atoms with Crippen molar-refractivity contribution < 1.29 is 14.7 Å². The minimum atomic E-state index is -0.693. The quantitative estimate of drug-likeness (QED) is 0.813. The summed E-state index contributed by atoms with van der Waals surface area (Å²) in [5, 5.41) is 9.84. The van der Waals surface area contributed by atoms with Crippen molar-refractivity contribution in [3.63, 3.8) is 0 Å². The van der Waals surface area contributed by atoms with Crippen LogP contribution in [0.15, 0.2) is 24.3 Å². The van der Waals surface area contributed by atoms with Crippen LogP contribution in [0.4, 0.5) is 0 Å². The molecule has 0 aromatic heterocycles. The zero-order valence-electron chi connectivity index (χ0n) is 16.5. The van der Waals surface area contributed by atoms with Crippen LogP contribution in [0.1, 0.15) is 62.4 Å². The minimum Gasteiger partial charge on any atom is -0.390 e. The molecular weight excluding hydrogens is 328 g/mol. The van der Waals surface area contributed by atoms with E-state index in [0.29, 0.717) is 25.1 Å². The Kier molecular flexibility index (Phi) is 6.81. The molecule has 0 radical (unpaired) electrons. The molecular formula is C21H32N2O3. The van der Waals surface area contributed by atoms with Gasteiger partial charge in [0.05, 0.1) is 5.60 Å². The number of carbonyl (C=O) groups excluding carboxylic acids is 2. The number of amides is 2. The van der Waals surface area contributed by atoms with Crippen molar-refractivity contribution >= 4 is 11.8 Å². The fourth-order valence-electron chi connectivity index (χ4n) is 3.26. The third-order valence-electron chi connectivity index (χ3n) is 5.03. The predicted molar refractivity (Wildman–Crippen MR) is 103 cm³/mol. The van der Waals surface area contributed by atoms with E-state index in [1.807, 2.05) is 24.3 Å². The topological polar surface area (TPSA) is 60.9 Å². The maximum absolute atomic E-state index is 13.0. The zero-order valence-corrected chi connectivity index (χ0v) is 16.5. The molecule has 1 atom stereocenters. The molecule has 1 heterocycles. The molecule has 144 valence electrons. The Morgan fingerprint density at radius 1 is 1.23 bits per heavy atom. The van der Waals surface area contributed by atoms with E-state index in [2.05, 4.69) is 6.92 Å². The average Bonchev–Trinajstić information content (AvgIpc) is 2.60. The van der Waals surface area contributed by atoms with Gasteiger partial charge >= 0.3 is 0 Å². The Morgan fingerprint density at radius 3 is 2.46 bits per heavy atom. The maximum atomic E-state index is 13.0. The summed E-state index contributed by atoms with van der Waals surface area (Å²) in [5.41, 5.74) is 1.03. The summed E-state index contributed by atoms with van der Waals surface area (Å²) in [6.07, 6.45) is 4.10. The lowest BCUT2D eigenvalue weighted by molar-refractivity contribution is -0.138. The fourth-order valence-corrected chi connectivity index (χ4v) is 3.26. The highest BCUT2D eigenvalue weighted by molar-refractivity contribution is 5.98. The first kappa shape index (κ1) is 20.4. The number of hydrogen-bond donors (Lipinski definition) is 1. The second kappa shape index (κ2) is 8.67. The van der Waals surface area contributed by atoms with Crippen LogP contribution < -0.4 is 0 Å². The van der Waals surface area contributed by atoms with Crippen molar-refractivity contribution in [1.82, 2.24) is 9.80 Å². The van der Waals surface area contributed by atoms with Crippen LogP contribution in [0.25, 0.3) is 0 Å². The molecule has 1 aromatic rings. The molecule has 0 spiro atoms. The monoisotopic (exact) mass is 360 g/mol. The van der Waals surface area contributed by atoms with Crippen LogP contribution in [0, 0.1) is 0 Å². The van der Waals surface area contributed by atoms with E-state index in [9.17, 15) is 14.7 Å². The summed E-state index contributed by atoms with van der Waals surface area (Å²) in [4.78, 5) is 29.0.